The van der Waals surface area contributed by atoms with E-state index in [1.807, 2.05) is 35.2 Å². The maximum absolute atomic E-state index is 12.3. The molecule has 1 aliphatic heterocycles. The van der Waals surface area contributed by atoms with E-state index in [1.165, 1.54) is 6.07 Å². The first-order valence-electron chi connectivity index (χ1n) is 8.50. The Balaban J connectivity index is 1.67. The molecule has 6 heteroatoms. The lowest BCUT2D eigenvalue weighted by Gasteiger charge is -2.17. The van der Waals surface area contributed by atoms with Gasteiger partial charge in [-0.25, -0.2) is 0 Å². The summed E-state index contributed by atoms with van der Waals surface area (Å²) in [5.74, 6) is -0.285. The molecule has 0 radical (unpaired) electrons. The van der Waals surface area contributed by atoms with Gasteiger partial charge in [0.05, 0.1) is 4.92 Å². The highest BCUT2D eigenvalue weighted by Gasteiger charge is 2.23. The van der Waals surface area contributed by atoms with Crippen molar-refractivity contribution in [2.75, 3.05) is 24.5 Å². The average Bonchev–Trinajstić information content (AvgIpc) is 3.16. The summed E-state index contributed by atoms with van der Waals surface area (Å²) in [4.78, 5) is 25.3. The molecule has 0 bridgehead atoms. The molecule has 3 rings (SSSR count). The number of nitrogens with zero attached hydrogens (tertiary/aromatic N) is 2. The quantitative estimate of drug-likeness (QED) is 0.648. The van der Waals surface area contributed by atoms with Crippen LogP contribution >= 0.6 is 0 Å². The molecule has 25 heavy (non-hydrogen) atoms. The van der Waals surface area contributed by atoms with Crippen molar-refractivity contribution < 1.29 is 9.72 Å². The third-order valence-electron chi connectivity index (χ3n) is 4.42. The molecule has 2 aromatic carbocycles. The lowest BCUT2D eigenvalue weighted by Crippen LogP contribution is -2.26. The number of nitro groups is 1. The normalized spacial score (nSPS) is 13.7. The van der Waals surface area contributed by atoms with Gasteiger partial charge in [0.2, 0.25) is 0 Å². The van der Waals surface area contributed by atoms with Crippen LogP contribution in [-0.4, -0.2) is 30.5 Å². The van der Waals surface area contributed by atoms with Crippen LogP contribution in [0.25, 0.3) is 0 Å². The smallest absolute Gasteiger partial charge is 0.293 e. The number of carbonyl (C=O) groups excluding carboxylic acids is 1. The lowest BCUT2D eigenvalue weighted by atomic mass is 10.1. The number of amides is 1. The van der Waals surface area contributed by atoms with Crippen LogP contribution in [-0.2, 0) is 6.42 Å². The van der Waals surface area contributed by atoms with E-state index in [4.69, 9.17) is 0 Å². The first-order chi connectivity index (χ1) is 12.1. The second-order valence-corrected chi connectivity index (χ2v) is 6.15. The van der Waals surface area contributed by atoms with Crippen molar-refractivity contribution >= 4 is 17.3 Å². The fraction of sp³-hybridized carbons (Fsp3) is 0.316. The van der Waals surface area contributed by atoms with Crippen molar-refractivity contribution in [1.82, 2.24) is 5.32 Å². The summed E-state index contributed by atoms with van der Waals surface area (Å²) in [7, 11) is 0. The molecule has 1 N–H and O–H groups in total. The largest absolute Gasteiger partial charge is 0.366 e. The van der Waals surface area contributed by atoms with Gasteiger partial charge in [-0.1, -0.05) is 30.3 Å². The Hall–Kier alpha value is -2.89. The summed E-state index contributed by atoms with van der Waals surface area (Å²) in [6.07, 6.45) is 2.80. The maximum atomic E-state index is 12.3. The predicted octanol–water partition coefficient (Wildman–Crippen LogP) is 3.17. The summed E-state index contributed by atoms with van der Waals surface area (Å²) < 4.78 is 0. The second kappa shape index (κ2) is 7.79. The molecule has 6 nitrogen and oxygen atoms in total. The fourth-order valence-corrected chi connectivity index (χ4v) is 3.10. The van der Waals surface area contributed by atoms with Crippen LogP contribution in [0.15, 0.2) is 48.5 Å². The Morgan fingerprint density at radius 2 is 1.84 bits per heavy atom. The Morgan fingerprint density at radius 1 is 1.12 bits per heavy atom. The van der Waals surface area contributed by atoms with Gasteiger partial charge in [0.15, 0.2) is 0 Å². The molecule has 0 spiro atoms. The molecule has 0 aliphatic carbocycles. The molecule has 0 atom stereocenters. The van der Waals surface area contributed by atoms with Gasteiger partial charge in [0.1, 0.15) is 5.69 Å². The highest BCUT2D eigenvalue weighted by atomic mass is 16.6. The van der Waals surface area contributed by atoms with Gasteiger partial charge < -0.3 is 10.2 Å². The van der Waals surface area contributed by atoms with Crippen LogP contribution in [0.3, 0.4) is 0 Å². The molecule has 1 amide bonds. The Kier molecular flexibility index (Phi) is 5.28. The zero-order valence-electron chi connectivity index (χ0n) is 14.0. The number of carbonyl (C=O) groups is 1. The molecule has 0 unspecified atom stereocenters. The molecular weight excluding hydrogens is 318 g/mol. The number of hydrogen-bond acceptors (Lipinski definition) is 4. The Bertz CT molecular complexity index is 756. The van der Waals surface area contributed by atoms with Crippen LogP contribution in [0.2, 0.25) is 0 Å². The Morgan fingerprint density at radius 3 is 2.52 bits per heavy atom. The van der Waals surface area contributed by atoms with E-state index in [9.17, 15) is 14.9 Å². The SMILES string of the molecule is O=C(NCCc1ccccc1)c1ccc(N2CCCC2)c([N+](=O)[O-])c1. The van der Waals surface area contributed by atoms with Gasteiger partial charge in [-0.3, -0.25) is 14.9 Å². The van der Waals surface area contributed by atoms with Gasteiger partial charge >= 0.3 is 0 Å². The number of rotatable bonds is 6. The first-order valence-corrected chi connectivity index (χ1v) is 8.50. The van der Waals surface area contributed by atoms with Crippen LogP contribution in [0.5, 0.6) is 0 Å². The number of nitro benzene ring substituents is 1. The summed E-state index contributed by atoms with van der Waals surface area (Å²) in [6, 6.07) is 14.6. The lowest BCUT2D eigenvalue weighted by molar-refractivity contribution is -0.384. The molecule has 1 saturated heterocycles. The van der Waals surface area contributed by atoms with Crippen molar-refractivity contribution in [2.45, 2.75) is 19.3 Å². The summed E-state index contributed by atoms with van der Waals surface area (Å²) in [6.45, 7) is 2.14. The van der Waals surface area contributed by atoms with Crippen molar-refractivity contribution in [1.29, 1.82) is 0 Å². The van der Waals surface area contributed by atoms with Crippen molar-refractivity contribution in [3.8, 4) is 0 Å². The van der Waals surface area contributed by atoms with E-state index < -0.39 is 4.92 Å². The summed E-state index contributed by atoms with van der Waals surface area (Å²) in [5.41, 5.74) is 2.06. The van der Waals surface area contributed by atoms with Crippen molar-refractivity contribution in [2.24, 2.45) is 0 Å². The average molecular weight is 339 g/mol. The highest BCUT2D eigenvalue weighted by Crippen LogP contribution is 2.31. The van der Waals surface area contributed by atoms with Gasteiger partial charge in [-0.05, 0) is 37.0 Å². The highest BCUT2D eigenvalue weighted by molar-refractivity contribution is 5.95. The van der Waals surface area contributed by atoms with Crippen LogP contribution in [0.4, 0.5) is 11.4 Å². The van der Waals surface area contributed by atoms with Gasteiger partial charge in [-0.15, -0.1) is 0 Å². The van der Waals surface area contributed by atoms with Gasteiger partial charge in [0, 0.05) is 31.3 Å². The van der Waals surface area contributed by atoms with Crippen LogP contribution in [0, 0.1) is 10.1 Å². The monoisotopic (exact) mass is 339 g/mol. The third kappa shape index (κ3) is 4.15. The van der Waals surface area contributed by atoms with Crippen molar-refractivity contribution in [3.63, 3.8) is 0 Å². The maximum Gasteiger partial charge on any atom is 0.293 e. The van der Waals surface area contributed by atoms with Crippen LogP contribution in [0.1, 0.15) is 28.8 Å². The van der Waals surface area contributed by atoms with E-state index in [2.05, 4.69) is 5.32 Å². The van der Waals surface area contributed by atoms with E-state index >= 15 is 0 Å². The number of anilines is 1. The zero-order valence-corrected chi connectivity index (χ0v) is 14.0. The standard InChI is InChI=1S/C19H21N3O3/c23-19(20-11-10-15-6-2-1-3-7-15)16-8-9-17(18(14-16)22(24)25)21-12-4-5-13-21/h1-3,6-9,14H,4-5,10-13H2,(H,20,23). The van der Waals surface area contributed by atoms with Gasteiger partial charge in [0.25, 0.3) is 11.6 Å². The zero-order chi connectivity index (χ0) is 17.6. The number of nitrogens with one attached hydrogen (secondary N) is 1. The molecule has 1 heterocycles. The summed E-state index contributed by atoms with van der Waals surface area (Å²) >= 11 is 0. The third-order valence-corrected chi connectivity index (χ3v) is 4.42. The predicted molar refractivity (Wildman–Crippen MR) is 97.0 cm³/mol. The van der Waals surface area contributed by atoms with Gasteiger partial charge in [-0.2, -0.15) is 0 Å². The topological polar surface area (TPSA) is 75.5 Å². The van der Waals surface area contributed by atoms with E-state index in [0.717, 1.165) is 37.9 Å². The minimum absolute atomic E-state index is 0.00221. The number of hydrogen-bond donors (Lipinski definition) is 1. The number of benzene rings is 2. The van der Waals surface area contributed by atoms with E-state index in [-0.39, 0.29) is 11.6 Å². The second-order valence-electron chi connectivity index (χ2n) is 6.15. The van der Waals surface area contributed by atoms with E-state index in [1.54, 1.807) is 12.1 Å². The molecule has 1 fully saturated rings. The Labute approximate surface area is 146 Å². The van der Waals surface area contributed by atoms with Crippen molar-refractivity contribution in [3.05, 3.63) is 69.8 Å². The molecular formula is C19H21N3O3. The molecule has 0 aromatic heterocycles. The van der Waals surface area contributed by atoms with E-state index in [0.29, 0.717) is 17.8 Å². The molecule has 130 valence electrons. The summed E-state index contributed by atoms with van der Waals surface area (Å²) in [5, 5.41) is 14.2. The molecule has 0 saturated carbocycles. The fourth-order valence-electron chi connectivity index (χ4n) is 3.10. The minimum Gasteiger partial charge on any atom is -0.366 e. The first kappa shape index (κ1) is 17.0. The molecule has 1 aliphatic rings. The van der Waals surface area contributed by atoms with Crippen LogP contribution < -0.4 is 10.2 Å². The minimum atomic E-state index is -0.408. The molecule has 2 aromatic rings.